The van der Waals surface area contributed by atoms with Gasteiger partial charge in [-0.05, 0) is 0 Å². The largest absolute Gasteiger partial charge is 2.00 e. The summed E-state index contributed by atoms with van der Waals surface area (Å²) in [5.41, 5.74) is 0. The molecule has 0 bridgehead atoms. The van der Waals surface area contributed by atoms with Gasteiger partial charge in [0, 0.05) is 0 Å². The van der Waals surface area contributed by atoms with E-state index < -0.39 is 9.05 Å². The Kier molecular flexibility index (Phi) is 26.0. The normalized spacial score (nSPS) is 7.50. The zero-order chi connectivity index (χ0) is 4.50. The van der Waals surface area contributed by atoms with E-state index in [1.807, 2.05) is 0 Å². The van der Waals surface area contributed by atoms with Gasteiger partial charge in [-0.2, -0.15) is 0 Å². The van der Waals surface area contributed by atoms with E-state index in [2.05, 4.69) is 0 Å². The van der Waals surface area contributed by atoms with Crippen molar-refractivity contribution >= 4 is 46.8 Å². The fourth-order valence-electron chi connectivity index (χ4n) is 0. The van der Waals surface area contributed by atoms with E-state index >= 15 is 0 Å². The van der Waals surface area contributed by atoms with Crippen LogP contribution in [0.2, 0.25) is 0 Å². The third-order valence-electron chi connectivity index (χ3n) is 0. The molecule has 0 aliphatic heterocycles. The zero-order valence-corrected chi connectivity index (χ0v) is 9.59. The van der Waals surface area contributed by atoms with Crippen LogP contribution in [0.25, 0.3) is 0 Å². The Labute approximate surface area is 99.4 Å². The predicted molar refractivity (Wildman–Crippen MR) is 17.3 cm³/mol. The van der Waals surface area contributed by atoms with Crippen LogP contribution in [-0.4, -0.2) is 57.1 Å². The van der Waals surface area contributed by atoms with Gasteiger partial charge in [0.2, 0.25) is 0 Å². The molecule has 0 radical (unpaired) electrons. The maximum absolute atomic E-state index is 8.69. The third-order valence-corrected chi connectivity index (χ3v) is 0. The second kappa shape index (κ2) is 9.28. The molecule has 0 aliphatic rings. The Bertz CT molecular complexity index is 27.9. The fraction of sp³-hybridized carbons (Fsp3) is 0. The second-order valence-electron chi connectivity index (χ2n) is 0.524. The molecule has 8 heteroatoms. The van der Waals surface area contributed by atoms with Crippen LogP contribution in [0.15, 0.2) is 0 Å². The molecule has 0 heterocycles. The smallest absolute Gasteiger partial charge is 0.861 e. The van der Waals surface area contributed by atoms with Crippen molar-refractivity contribution in [2.45, 2.75) is 0 Å². The first-order valence-corrected chi connectivity index (χ1v) is 2.51. The molecule has 0 aromatic carbocycles. The van der Waals surface area contributed by atoms with Gasteiger partial charge >= 0.3 is 67.3 Å². The zero-order valence-electron chi connectivity index (χ0n) is 4.38. The van der Waals surface area contributed by atoms with Gasteiger partial charge in [-0.15, -0.1) is 9.05 Å². The van der Waals surface area contributed by atoms with Crippen molar-refractivity contribution < 1.29 is 54.2 Å². The molecule has 40 valence electrons. The van der Waals surface area contributed by atoms with Crippen LogP contribution >= 0.6 is 0 Å². The molecular formula is H3CaNaO5Si. The first-order valence-electron chi connectivity index (χ1n) is 0.836. The van der Waals surface area contributed by atoms with Crippen LogP contribution in [0.5, 0.6) is 0 Å². The van der Waals surface area contributed by atoms with Gasteiger partial charge in [-0.1, -0.05) is 0 Å². The third kappa shape index (κ3) is 84.6. The summed E-state index contributed by atoms with van der Waals surface area (Å²) in [7, 11) is -5.36. The molecule has 0 rings (SSSR count). The van der Waals surface area contributed by atoms with Crippen LogP contribution in [0.1, 0.15) is 0 Å². The predicted octanol–water partition coefficient (Wildman–Crippen LogP) is -8.71. The Morgan fingerprint density at radius 3 is 1.12 bits per heavy atom. The second-order valence-corrected chi connectivity index (χ2v) is 1.57. The van der Waals surface area contributed by atoms with E-state index in [0.29, 0.717) is 0 Å². The maximum Gasteiger partial charge on any atom is 2.00 e. The minimum atomic E-state index is -5.36. The summed E-state index contributed by atoms with van der Waals surface area (Å²) in [5.74, 6) is 0. The van der Waals surface area contributed by atoms with Gasteiger partial charge in [-0.3, -0.25) is 0 Å². The standard InChI is InChI=1S/Ca.Na.HO4Si.H2O/c;;1-5(2,3)4;/h;;1H;1H2/q+2;+1;-3;. The van der Waals surface area contributed by atoms with Crippen molar-refractivity contribution in [1.29, 1.82) is 0 Å². The Morgan fingerprint density at radius 2 is 1.12 bits per heavy atom. The van der Waals surface area contributed by atoms with Crippen molar-refractivity contribution in [3.63, 3.8) is 0 Å². The number of hydrogen-bond acceptors (Lipinski definition) is 4. The summed E-state index contributed by atoms with van der Waals surface area (Å²) in [4.78, 5) is 33.1. The van der Waals surface area contributed by atoms with E-state index in [1.54, 1.807) is 0 Å². The fourth-order valence-corrected chi connectivity index (χ4v) is 0. The molecule has 0 fully saturated rings. The SMILES string of the molecule is O.[Ca+2].[Na+].[O-][Si]([O-])([O-])O. The summed E-state index contributed by atoms with van der Waals surface area (Å²) in [6.45, 7) is 0. The van der Waals surface area contributed by atoms with Gasteiger partial charge in [0.15, 0.2) is 0 Å². The molecule has 0 aliphatic carbocycles. The average Bonchev–Trinajstić information content (AvgIpc) is 0.722. The molecule has 8 heavy (non-hydrogen) atoms. The minimum Gasteiger partial charge on any atom is -0.861 e. The molecule has 0 amide bonds. The van der Waals surface area contributed by atoms with Gasteiger partial charge < -0.3 is 24.7 Å². The molecule has 0 aromatic heterocycles. The quantitative estimate of drug-likeness (QED) is 0.366. The van der Waals surface area contributed by atoms with Crippen molar-refractivity contribution in [2.75, 3.05) is 0 Å². The maximum atomic E-state index is 8.69. The Balaban J connectivity index is -0.0000000267. The topological polar surface area (TPSA) is 121 Å². The van der Waals surface area contributed by atoms with E-state index in [0.717, 1.165) is 0 Å². The van der Waals surface area contributed by atoms with Gasteiger partial charge in [0.05, 0.1) is 0 Å². The summed E-state index contributed by atoms with van der Waals surface area (Å²) < 4.78 is 0. The van der Waals surface area contributed by atoms with Crippen molar-refractivity contribution in [3.8, 4) is 0 Å². The summed E-state index contributed by atoms with van der Waals surface area (Å²) in [6.07, 6.45) is 0. The van der Waals surface area contributed by atoms with E-state index in [-0.39, 0.29) is 72.8 Å². The molecule has 0 atom stereocenters. The molecule has 0 unspecified atom stereocenters. The summed E-state index contributed by atoms with van der Waals surface area (Å²) in [5, 5.41) is 0. The average molecular weight is 174 g/mol. The summed E-state index contributed by atoms with van der Waals surface area (Å²) in [6, 6.07) is 0. The van der Waals surface area contributed by atoms with Crippen LogP contribution in [0, 0.1) is 0 Å². The van der Waals surface area contributed by atoms with Crippen molar-refractivity contribution in [1.82, 2.24) is 0 Å². The number of hydrogen-bond donors (Lipinski definition) is 1. The monoisotopic (exact) mass is 174 g/mol. The van der Waals surface area contributed by atoms with Crippen LogP contribution in [-0.2, 0) is 0 Å². The first kappa shape index (κ1) is 22.4. The molecule has 3 N–H and O–H groups in total. The van der Waals surface area contributed by atoms with Crippen LogP contribution in [0.3, 0.4) is 0 Å². The van der Waals surface area contributed by atoms with E-state index in [9.17, 15) is 0 Å². The number of rotatable bonds is 0. The first-order chi connectivity index (χ1) is 2.00. The molecule has 0 spiro atoms. The van der Waals surface area contributed by atoms with Crippen LogP contribution < -0.4 is 43.9 Å². The molecule has 5 nitrogen and oxygen atoms in total. The van der Waals surface area contributed by atoms with E-state index in [4.69, 9.17) is 19.2 Å². The molecule has 0 aromatic rings. The molecular weight excluding hydrogens is 171 g/mol. The van der Waals surface area contributed by atoms with Gasteiger partial charge in [-0.25, -0.2) is 0 Å². The van der Waals surface area contributed by atoms with Crippen molar-refractivity contribution in [3.05, 3.63) is 0 Å². The minimum absolute atomic E-state index is 0. The van der Waals surface area contributed by atoms with Gasteiger partial charge in [0.1, 0.15) is 0 Å². The van der Waals surface area contributed by atoms with Gasteiger partial charge in [0.25, 0.3) is 0 Å². The molecule has 0 saturated carbocycles. The van der Waals surface area contributed by atoms with E-state index in [1.165, 1.54) is 0 Å². The summed E-state index contributed by atoms with van der Waals surface area (Å²) >= 11 is 0. The Morgan fingerprint density at radius 1 is 1.12 bits per heavy atom. The molecule has 0 saturated heterocycles. The van der Waals surface area contributed by atoms with Crippen molar-refractivity contribution in [2.24, 2.45) is 0 Å². The Hall–Kier alpha value is 2.28. The van der Waals surface area contributed by atoms with Crippen LogP contribution in [0.4, 0.5) is 0 Å².